The molecule has 0 aromatic carbocycles. The first-order valence-electron chi connectivity index (χ1n) is 8.22. The third-order valence-electron chi connectivity index (χ3n) is 4.86. The number of piperazine rings is 1. The molecule has 1 aromatic rings. The molecule has 3 rings (SSSR count). The van der Waals surface area contributed by atoms with Gasteiger partial charge in [0.05, 0.1) is 5.41 Å². The highest BCUT2D eigenvalue weighted by Crippen LogP contribution is 2.35. The lowest BCUT2D eigenvalue weighted by Crippen LogP contribution is -2.45. The molecule has 2 saturated heterocycles. The zero-order valence-corrected chi connectivity index (χ0v) is 13.3. The van der Waals surface area contributed by atoms with Crippen molar-refractivity contribution in [3.63, 3.8) is 0 Å². The topological polar surface area (TPSA) is 57.4 Å². The van der Waals surface area contributed by atoms with Crippen molar-refractivity contribution in [1.82, 2.24) is 20.4 Å². The van der Waals surface area contributed by atoms with Crippen LogP contribution in [0.1, 0.15) is 38.5 Å². The van der Waals surface area contributed by atoms with Gasteiger partial charge in [-0.1, -0.05) is 13.3 Å². The van der Waals surface area contributed by atoms with Crippen molar-refractivity contribution < 1.29 is 4.52 Å². The third kappa shape index (κ3) is 3.06. The van der Waals surface area contributed by atoms with Crippen LogP contribution in [0.2, 0.25) is 0 Å². The Morgan fingerprint density at radius 1 is 1.29 bits per heavy atom. The molecule has 1 unspecified atom stereocenters. The molecule has 0 radical (unpaired) electrons. The molecule has 2 aliphatic heterocycles. The van der Waals surface area contributed by atoms with Crippen LogP contribution in [0.4, 0.5) is 5.95 Å². The number of anilines is 1. The largest absolute Gasteiger partial charge is 0.337 e. The second-order valence-corrected chi connectivity index (χ2v) is 6.50. The molecule has 3 heterocycles. The molecule has 0 saturated carbocycles. The van der Waals surface area contributed by atoms with E-state index in [0.29, 0.717) is 0 Å². The van der Waals surface area contributed by atoms with Crippen LogP contribution in [0.25, 0.3) is 0 Å². The van der Waals surface area contributed by atoms with Gasteiger partial charge < -0.3 is 19.6 Å². The van der Waals surface area contributed by atoms with Gasteiger partial charge >= 0.3 is 0 Å². The maximum atomic E-state index is 5.68. The van der Waals surface area contributed by atoms with Crippen LogP contribution < -0.4 is 10.2 Å². The lowest BCUT2D eigenvalue weighted by molar-refractivity contribution is 0.213. The van der Waals surface area contributed by atoms with E-state index in [-0.39, 0.29) is 5.41 Å². The Morgan fingerprint density at radius 2 is 2.10 bits per heavy atom. The number of hydrogen-bond donors (Lipinski definition) is 1. The SMILES string of the molecule is CCCC1(c2nc(N3CCN(C)CC3)no2)CCCNC1. The number of likely N-dealkylation sites (N-methyl/N-ethyl adjacent to an activating group) is 1. The van der Waals surface area contributed by atoms with Crippen molar-refractivity contribution in [2.45, 2.75) is 38.0 Å². The summed E-state index contributed by atoms with van der Waals surface area (Å²) in [6.07, 6.45) is 4.60. The molecule has 1 aromatic heterocycles. The molecule has 0 aliphatic carbocycles. The van der Waals surface area contributed by atoms with Crippen LogP contribution >= 0.6 is 0 Å². The molecule has 0 spiro atoms. The number of nitrogens with zero attached hydrogens (tertiary/aromatic N) is 4. The Hall–Kier alpha value is -1.14. The Balaban J connectivity index is 1.76. The van der Waals surface area contributed by atoms with Crippen molar-refractivity contribution in [3.8, 4) is 0 Å². The highest BCUT2D eigenvalue weighted by molar-refractivity contribution is 5.30. The smallest absolute Gasteiger partial charge is 0.266 e. The van der Waals surface area contributed by atoms with Gasteiger partial charge in [0.15, 0.2) is 0 Å². The van der Waals surface area contributed by atoms with Crippen LogP contribution in [0.15, 0.2) is 4.52 Å². The van der Waals surface area contributed by atoms with Crippen LogP contribution in [0.3, 0.4) is 0 Å². The molecule has 0 bridgehead atoms. The van der Waals surface area contributed by atoms with E-state index in [2.05, 4.69) is 34.2 Å². The number of aromatic nitrogens is 2. The monoisotopic (exact) mass is 293 g/mol. The van der Waals surface area contributed by atoms with Crippen LogP contribution in [-0.4, -0.2) is 61.4 Å². The van der Waals surface area contributed by atoms with Gasteiger partial charge in [0.1, 0.15) is 0 Å². The Kier molecular flexibility index (Phi) is 4.45. The quantitative estimate of drug-likeness (QED) is 0.901. The van der Waals surface area contributed by atoms with E-state index in [9.17, 15) is 0 Å². The first-order valence-corrected chi connectivity index (χ1v) is 8.22. The van der Waals surface area contributed by atoms with Crippen molar-refractivity contribution in [3.05, 3.63) is 5.89 Å². The number of piperidine rings is 1. The fraction of sp³-hybridized carbons (Fsp3) is 0.867. The summed E-state index contributed by atoms with van der Waals surface area (Å²) in [4.78, 5) is 9.34. The molecule has 1 N–H and O–H groups in total. The van der Waals surface area contributed by atoms with Gasteiger partial charge in [-0.2, -0.15) is 4.98 Å². The zero-order valence-electron chi connectivity index (χ0n) is 13.3. The first-order chi connectivity index (χ1) is 10.2. The molecule has 1 atom stereocenters. The average Bonchev–Trinajstić information content (AvgIpc) is 3.00. The summed E-state index contributed by atoms with van der Waals surface area (Å²) in [5, 5.41) is 7.77. The second-order valence-electron chi connectivity index (χ2n) is 6.50. The zero-order chi connectivity index (χ0) is 14.7. The summed E-state index contributed by atoms with van der Waals surface area (Å²) >= 11 is 0. The maximum absolute atomic E-state index is 5.68. The van der Waals surface area contributed by atoms with E-state index >= 15 is 0 Å². The van der Waals surface area contributed by atoms with Gasteiger partial charge in [0.25, 0.3) is 5.95 Å². The Morgan fingerprint density at radius 3 is 2.76 bits per heavy atom. The molecule has 2 aliphatic rings. The average molecular weight is 293 g/mol. The summed E-state index contributed by atoms with van der Waals surface area (Å²) in [6.45, 7) is 8.38. The molecule has 0 amide bonds. The molecule has 2 fully saturated rings. The molecule has 6 heteroatoms. The summed E-state index contributed by atoms with van der Waals surface area (Å²) in [5.74, 6) is 1.62. The number of nitrogens with one attached hydrogen (secondary N) is 1. The summed E-state index contributed by atoms with van der Waals surface area (Å²) < 4.78 is 5.68. The molecular formula is C15H27N5O. The predicted molar refractivity (Wildman–Crippen MR) is 82.7 cm³/mol. The van der Waals surface area contributed by atoms with Crippen LogP contribution in [0.5, 0.6) is 0 Å². The lowest BCUT2D eigenvalue weighted by Gasteiger charge is -2.34. The summed E-state index contributed by atoms with van der Waals surface area (Å²) in [5.41, 5.74) is 0.0465. The Bertz CT molecular complexity index is 441. The lowest BCUT2D eigenvalue weighted by atomic mass is 9.77. The van der Waals surface area contributed by atoms with Gasteiger partial charge in [-0.3, -0.25) is 0 Å². The van der Waals surface area contributed by atoms with Crippen LogP contribution in [-0.2, 0) is 5.41 Å². The van der Waals surface area contributed by atoms with Crippen molar-refractivity contribution >= 4 is 5.95 Å². The van der Waals surface area contributed by atoms with Crippen molar-refractivity contribution in [2.75, 3.05) is 51.2 Å². The fourth-order valence-electron chi connectivity index (χ4n) is 3.52. The molecule has 118 valence electrons. The fourth-order valence-corrected chi connectivity index (χ4v) is 3.52. The van der Waals surface area contributed by atoms with Gasteiger partial charge in [0.2, 0.25) is 5.89 Å². The van der Waals surface area contributed by atoms with Crippen molar-refractivity contribution in [2.24, 2.45) is 0 Å². The third-order valence-corrected chi connectivity index (χ3v) is 4.86. The van der Waals surface area contributed by atoms with Gasteiger partial charge in [0, 0.05) is 32.7 Å². The van der Waals surface area contributed by atoms with E-state index in [0.717, 1.165) is 70.4 Å². The second kappa shape index (κ2) is 6.32. The first kappa shape index (κ1) is 14.8. The van der Waals surface area contributed by atoms with Gasteiger partial charge in [-0.15, -0.1) is 0 Å². The molecular weight excluding hydrogens is 266 g/mol. The molecule has 21 heavy (non-hydrogen) atoms. The Labute approximate surface area is 126 Å². The minimum Gasteiger partial charge on any atom is -0.337 e. The predicted octanol–water partition coefficient (Wildman–Crippen LogP) is 1.24. The standard InChI is InChI=1S/C15H27N5O/c1-3-5-15(6-4-7-16-12-15)13-17-14(18-21-13)20-10-8-19(2)9-11-20/h16H,3-12H2,1-2H3. The number of rotatable bonds is 4. The highest BCUT2D eigenvalue weighted by atomic mass is 16.5. The van der Waals surface area contributed by atoms with Gasteiger partial charge in [-0.05, 0) is 38.0 Å². The minimum atomic E-state index is 0.0465. The summed E-state index contributed by atoms with van der Waals surface area (Å²) in [6, 6.07) is 0. The van der Waals surface area contributed by atoms with E-state index in [1.807, 2.05) is 0 Å². The molecule has 6 nitrogen and oxygen atoms in total. The van der Waals surface area contributed by atoms with Gasteiger partial charge in [-0.25, -0.2) is 0 Å². The van der Waals surface area contributed by atoms with Crippen LogP contribution in [0, 0.1) is 0 Å². The van der Waals surface area contributed by atoms with E-state index < -0.39 is 0 Å². The normalized spacial score (nSPS) is 28.0. The van der Waals surface area contributed by atoms with E-state index in [1.165, 1.54) is 6.42 Å². The number of hydrogen-bond acceptors (Lipinski definition) is 6. The maximum Gasteiger partial charge on any atom is 0.266 e. The van der Waals surface area contributed by atoms with E-state index in [4.69, 9.17) is 9.51 Å². The highest BCUT2D eigenvalue weighted by Gasteiger charge is 2.39. The van der Waals surface area contributed by atoms with Crippen molar-refractivity contribution in [1.29, 1.82) is 0 Å². The van der Waals surface area contributed by atoms with E-state index in [1.54, 1.807) is 0 Å². The summed E-state index contributed by atoms with van der Waals surface area (Å²) in [7, 11) is 2.16. The minimum absolute atomic E-state index is 0.0465.